The second kappa shape index (κ2) is 6.98. The summed E-state index contributed by atoms with van der Waals surface area (Å²) >= 11 is 0. The molecule has 1 atom stereocenters. The Morgan fingerprint density at radius 2 is 1.90 bits per heavy atom. The first kappa shape index (κ1) is 19.1. The Morgan fingerprint density at radius 1 is 1.17 bits per heavy atom. The molecule has 2 fully saturated rings. The number of carboxylic acid groups (broad SMARTS) is 1. The largest absolute Gasteiger partial charge is 0.480 e. The van der Waals surface area contributed by atoms with Crippen molar-refractivity contribution in [1.82, 2.24) is 15.5 Å². The molecule has 0 bridgehead atoms. The molecule has 0 spiro atoms. The van der Waals surface area contributed by atoms with Crippen LogP contribution in [-0.4, -0.2) is 51.2 Å². The molecule has 0 aromatic heterocycles. The van der Waals surface area contributed by atoms with Crippen molar-refractivity contribution in [3.05, 3.63) is 34.9 Å². The normalized spacial score (nSPS) is 23.0. The quantitative estimate of drug-likeness (QED) is 0.634. The molecule has 9 heteroatoms. The third kappa shape index (κ3) is 3.16. The van der Waals surface area contributed by atoms with Crippen LogP contribution in [0.2, 0.25) is 0 Å². The second-order valence-electron chi connectivity index (χ2n) is 7.78. The van der Waals surface area contributed by atoms with Gasteiger partial charge in [0.15, 0.2) is 0 Å². The van der Waals surface area contributed by atoms with Gasteiger partial charge in [0.05, 0.1) is 0 Å². The van der Waals surface area contributed by atoms with E-state index in [9.17, 15) is 29.1 Å². The van der Waals surface area contributed by atoms with E-state index >= 15 is 0 Å². The van der Waals surface area contributed by atoms with Crippen LogP contribution in [0.15, 0.2) is 18.2 Å². The zero-order valence-corrected chi connectivity index (χ0v) is 15.7. The summed E-state index contributed by atoms with van der Waals surface area (Å²) in [5, 5.41) is 14.5. The number of piperidine rings is 1. The van der Waals surface area contributed by atoms with Gasteiger partial charge in [-0.05, 0) is 37.0 Å². The number of hydrogen-bond donors (Lipinski definition) is 3. The van der Waals surface area contributed by atoms with Crippen LogP contribution < -0.4 is 10.6 Å². The number of imide groups is 1. The summed E-state index contributed by atoms with van der Waals surface area (Å²) in [7, 11) is 0. The summed E-state index contributed by atoms with van der Waals surface area (Å²) in [6.45, 7) is 0.0596. The number of benzene rings is 1. The van der Waals surface area contributed by atoms with E-state index in [2.05, 4.69) is 10.6 Å². The van der Waals surface area contributed by atoms with Gasteiger partial charge in [-0.25, -0.2) is 4.79 Å². The molecule has 2 aliphatic heterocycles. The number of carboxylic acids is 1. The van der Waals surface area contributed by atoms with Crippen molar-refractivity contribution in [2.45, 2.75) is 56.7 Å². The number of rotatable bonds is 4. The van der Waals surface area contributed by atoms with E-state index < -0.39 is 29.4 Å². The van der Waals surface area contributed by atoms with E-state index in [-0.39, 0.29) is 36.8 Å². The van der Waals surface area contributed by atoms with E-state index in [1.807, 2.05) is 0 Å². The van der Waals surface area contributed by atoms with Gasteiger partial charge in [0.25, 0.3) is 11.8 Å². The number of carbonyl (C=O) groups excluding carboxylic acids is 4. The van der Waals surface area contributed by atoms with Crippen LogP contribution in [0.4, 0.5) is 0 Å². The van der Waals surface area contributed by atoms with Gasteiger partial charge in [-0.15, -0.1) is 0 Å². The van der Waals surface area contributed by atoms with Gasteiger partial charge in [-0.2, -0.15) is 0 Å². The average molecular weight is 399 g/mol. The maximum absolute atomic E-state index is 12.9. The molecule has 1 unspecified atom stereocenters. The first-order valence-corrected chi connectivity index (χ1v) is 9.65. The Labute approximate surface area is 166 Å². The molecule has 2 heterocycles. The van der Waals surface area contributed by atoms with Crippen LogP contribution in [0.5, 0.6) is 0 Å². The summed E-state index contributed by atoms with van der Waals surface area (Å²) in [4.78, 5) is 62.5. The summed E-state index contributed by atoms with van der Waals surface area (Å²) in [6, 6.07) is 3.94. The molecule has 1 saturated carbocycles. The van der Waals surface area contributed by atoms with Crippen molar-refractivity contribution in [2.24, 2.45) is 0 Å². The Hall–Kier alpha value is -3.23. The number of carbonyl (C=O) groups is 5. The summed E-state index contributed by atoms with van der Waals surface area (Å²) in [6.07, 6.45) is 2.55. The molecule has 0 radical (unpaired) electrons. The van der Waals surface area contributed by atoms with Crippen molar-refractivity contribution in [3.8, 4) is 0 Å². The molecule has 3 N–H and O–H groups in total. The topological polar surface area (TPSA) is 133 Å². The molecule has 1 saturated heterocycles. The number of fused-ring (bicyclic) bond motifs is 1. The van der Waals surface area contributed by atoms with Crippen molar-refractivity contribution in [2.75, 3.05) is 0 Å². The molecule has 4 amide bonds. The first-order chi connectivity index (χ1) is 13.8. The Kier molecular flexibility index (Phi) is 4.60. The Morgan fingerprint density at radius 3 is 2.55 bits per heavy atom. The number of amides is 4. The molecule has 29 heavy (non-hydrogen) atoms. The van der Waals surface area contributed by atoms with E-state index in [4.69, 9.17) is 0 Å². The minimum absolute atomic E-state index is 0.0596. The lowest BCUT2D eigenvalue weighted by Gasteiger charge is -2.29. The highest BCUT2D eigenvalue weighted by atomic mass is 16.4. The van der Waals surface area contributed by atoms with Gasteiger partial charge in [-0.3, -0.25) is 24.5 Å². The number of nitrogens with one attached hydrogen (secondary N) is 2. The Balaban J connectivity index is 1.60. The highest BCUT2D eigenvalue weighted by molar-refractivity contribution is 6.08. The maximum atomic E-state index is 12.9. The lowest BCUT2D eigenvalue weighted by atomic mass is 9.96. The predicted octanol–water partition coefficient (Wildman–Crippen LogP) is 0.575. The third-order valence-corrected chi connectivity index (χ3v) is 6.05. The van der Waals surface area contributed by atoms with Crippen molar-refractivity contribution >= 4 is 29.6 Å². The van der Waals surface area contributed by atoms with Gasteiger partial charge in [0, 0.05) is 24.1 Å². The van der Waals surface area contributed by atoms with Crippen molar-refractivity contribution in [1.29, 1.82) is 0 Å². The maximum Gasteiger partial charge on any atom is 0.329 e. The van der Waals surface area contributed by atoms with Crippen LogP contribution >= 0.6 is 0 Å². The highest BCUT2D eigenvalue weighted by Crippen LogP contribution is 2.33. The fourth-order valence-electron chi connectivity index (χ4n) is 4.45. The van der Waals surface area contributed by atoms with Crippen molar-refractivity contribution in [3.63, 3.8) is 0 Å². The smallest absolute Gasteiger partial charge is 0.329 e. The molecule has 4 rings (SSSR count). The molecule has 1 aromatic carbocycles. The van der Waals surface area contributed by atoms with E-state index in [0.29, 0.717) is 24.0 Å². The van der Waals surface area contributed by atoms with E-state index in [0.717, 1.165) is 12.8 Å². The van der Waals surface area contributed by atoms with Crippen LogP contribution in [-0.2, 0) is 20.9 Å². The fraction of sp³-hybridized carbons (Fsp3) is 0.450. The first-order valence-electron chi connectivity index (χ1n) is 9.65. The SMILES string of the molecule is O=C1CCC(N2Cc3c(C(=O)NC4(C(=O)O)CCCC4)cccc3C2=O)C(=O)N1. The zero-order chi connectivity index (χ0) is 20.8. The third-order valence-electron chi connectivity index (χ3n) is 6.05. The number of hydrogen-bond acceptors (Lipinski definition) is 5. The highest BCUT2D eigenvalue weighted by Gasteiger charge is 2.44. The van der Waals surface area contributed by atoms with Crippen molar-refractivity contribution < 1.29 is 29.1 Å². The number of nitrogens with zero attached hydrogens (tertiary/aromatic N) is 1. The predicted molar refractivity (Wildman–Crippen MR) is 98.8 cm³/mol. The molecular formula is C20H21N3O6. The average Bonchev–Trinajstić information content (AvgIpc) is 3.28. The standard InChI is InChI=1S/C20H21N3O6/c24-15-7-6-14(17(26)21-15)23-10-13-11(4-3-5-12(13)18(23)27)16(25)22-20(19(28)29)8-1-2-9-20/h3-5,14H,1-2,6-10H2,(H,22,25)(H,28,29)(H,21,24,26). The molecule has 152 valence electrons. The van der Waals surface area contributed by atoms with E-state index in [1.165, 1.54) is 4.90 Å². The van der Waals surface area contributed by atoms with Crippen LogP contribution in [0, 0.1) is 0 Å². The molecule has 1 aliphatic carbocycles. The Bertz CT molecular complexity index is 934. The molecule has 9 nitrogen and oxygen atoms in total. The van der Waals surface area contributed by atoms with Gasteiger partial charge < -0.3 is 15.3 Å². The molecule has 3 aliphatic rings. The van der Waals surface area contributed by atoms with E-state index in [1.54, 1.807) is 18.2 Å². The summed E-state index contributed by atoms with van der Waals surface area (Å²) in [5.41, 5.74) is -0.263. The van der Waals surface area contributed by atoms with Crippen LogP contribution in [0.1, 0.15) is 64.8 Å². The van der Waals surface area contributed by atoms with Gasteiger partial charge >= 0.3 is 5.97 Å². The molecular weight excluding hydrogens is 378 g/mol. The summed E-state index contributed by atoms with van der Waals surface area (Å²) in [5.74, 6) is -2.87. The lowest BCUT2D eigenvalue weighted by Crippen LogP contribution is -2.53. The minimum Gasteiger partial charge on any atom is -0.480 e. The number of aliphatic carboxylic acids is 1. The molecule has 1 aromatic rings. The minimum atomic E-state index is -1.29. The zero-order valence-electron chi connectivity index (χ0n) is 15.7. The summed E-state index contributed by atoms with van der Waals surface area (Å²) < 4.78 is 0. The second-order valence-corrected chi connectivity index (χ2v) is 7.78. The van der Waals surface area contributed by atoms with Gasteiger partial charge in [-0.1, -0.05) is 18.9 Å². The van der Waals surface area contributed by atoms with Crippen LogP contribution in [0.25, 0.3) is 0 Å². The van der Waals surface area contributed by atoms with Gasteiger partial charge in [0.1, 0.15) is 11.6 Å². The fourth-order valence-corrected chi connectivity index (χ4v) is 4.45. The van der Waals surface area contributed by atoms with Crippen LogP contribution in [0.3, 0.4) is 0 Å². The lowest BCUT2D eigenvalue weighted by molar-refractivity contribution is -0.144. The monoisotopic (exact) mass is 399 g/mol. The van der Waals surface area contributed by atoms with Gasteiger partial charge in [0.2, 0.25) is 11.8 Å².